The third-order valence-electron chi connectivity index (χ3n) is 4.36. The maximum absolute atomic E-state index is 11.0. The lowest BCUT2D eigenvalue weighted by atomic mass is 10.1. The van der Waals surface area contributed by atoms with E-state index >= 15 is 0 Å². The molecule has 0 aromatic heterocycles. The Bertz CT molecular complexity index is 676. The van der Waals surface area contributed by atoms with Crippen molar-refractivity contribution >= 4 is 5.97 Å². The van der Waals surface area contributed by atoms with Crippen molar-refractivity contribution < 1.29 is 14.6 Å². The van der Waals surface area contributed by atoms with E-state index in [4.69, 9.17) is 9.84 Å². The largest absolute Gasteiger partial charge is 0.490 e. The highest BCUT2D eigenvalue weighted by atomic mass is 16.5. The van der Waals surface area contributed by atoms with Crippen LogP contribution in [-0.4, -0.2) is 17.2 Å². The zero-order valence-corrected chi connectivity index (χ0v) is 13.7. The standard InChI is InChI=1S/C20H23NO3/c22-20(23)17-5-3-4-16(12-17)14-21-13-15-8-10-19(11-9-15)24-18-6-1-2-7-18/h3-5,8-12,18,21H,1-2,6-7,13-14H2,(H,22,23). The third-order valence-corrected chi connectivity index (χ3v) is 4.36. The summed E-state index contributed by atoms with van der Waals surface area (Å²) in [5.74, 6) is 0.0505. The van der Waals surface area contributed by atoms with Crippen LogP contribution in [0.4, 0.5) is 0 Å². The van der Waals surface area contributed by atoms with Gasteiger partial charge in [-0.3, -0.25) is 0 Å². The molecule has 0 aliphatic heterocycles. The van der Waals surface area contributed by atoms with E-state index in [-0.39, 0.29) is 0 Å². The highest BCUT2D eigenvalue weighted by Gasteiger charge is 2.16. The summed E-state index contributed by atoms with van der Waals surface area (Å²) < 4.78 is 5.96. The van der Waals surface area contributed by atoms with Crippen LogP contribution in [0.25, 0.3) is 0 Å². The zero-order chi connectivity index (χ0) is 16.8. The van der Waals surface area contributed by atoms with Gasteiger partial charge in [0.2, 0.25) is 0 Å². The van der Waals surface area contributed by atoms with E-state index in [9.17, 15) is 4.79 Å². The molecule has 0 atom stereocenters. The van der Waals surface area contributed by atoms with Crippen LogP contribution in [0, 0.1) is 0 Å². The van der Waals surface area contributed by atoms with Gasteiger partial charge < -0.3 is 15.2 Å². The Morgan fingerprint density at radius 2 is 1.75 bits per heavy atom. The number of nitrogens with one attached hydrogen (secondary N) is 1. The molecule has 0 spiro atoms. The van der Waals surface area contributed by atoms with Gasteiger partial charge in [0.1, 0.15) is 5.75 Å². The summed E-state index contributed by atoms with van der Waals surface area (Å²) in [6.45, 7) is 1.38. The van der Waals surface area contributed by atoms with E-state index in [2.05, 4.69) is 17.4 Å². The first-order chi connectivity index (χ1) is 11.7. The molecule has 0 bridgehead atoms. The van der Waals surface area contributed by atoms with E-state index in [1.54, 1.807) is 18.2 Å². The molecule has 0 saturated heterocycles. The molecular weight excluding hydrogens is 302 g/mol. The van der Waals surface area contributed by atoms with Crippen LogP contribution in [0.2, 0.25) is 0 Å². The summed E-state index contributed by atoms with van der Waals surface area (Å²) in [7, 11) is 0. The third kappa shape index (κ3) is 4.59. The number of benzene rings is 2. The minimum atomic E-state index is -0.894. The molecule has 4 nitrogen and oxygen atoms in total. The number of carboxylic acids is 1. The topological polar surface area (TPSA) is 58.6 Å². The molecule has 1 aliphatic carbocycles. The average Bonchev–Trinajstić information content (AvgIpc) is 3.10. The molecule has 2 N–H and O–H groups in total. The van der Waals surface area contributed by atoms with E-state index < -0.39 is 5.97 Å². The maximum atomic E-state index is 11.0. The van der Waals surface area contributed by atoms with Crippen LogP contribution >= 0.6 is 0 Å². The maximum Gasteiger partial charge on any atom is 0.335 e. The molecule has 2 aromatic rings. The van der Waals surface area contributed by atoms with Crippen LogP contribution in [0.3, 0.4) is 0 Å². The molecule has 0 heterocycles. The Morgan fingerprint density at radius 1 is 1.04 bits per heavy atom. The summed E-state index contributed by atoms with van der Waals surface area (Å²) >= 11 is 0. The van der Waals surface area contributed by atoms with Gasteiger partial charge in [-0.25, -0.2) is 4.79 Å². The molecular formula is C20H23NO3. The quantitative estimate of drug-likeness (QED) is 0.808. The number of carboxylic acid groups (broad SMARTS) is 1. The molecule has 24 heavy (non-hydrogen) atoms. The predicted molar refractivity (Wildman–Crippen MR) is 93.3 cm³/mol. The van der Waals surface area contributed by atoms with Crippen molar-refractivity contribution in [3.05, 3.63) is 65.2 Å². The Hall–Kier alpha value is -2.33. The minimum absolute atomic E-state index is 0.322. The monoisotopic (exact) mass is 325 g/mol. The van der Waals surface area contributed by atoms with Crippen molar-refractivity contribution in [3.8, 4) is 5.75 Å². The lowest BCUT2D eigenvalue weighted by Crippen LogP contribution is -2.13. The fourth-order valence-electron chi connectivity index (χ4n) is 3.05. The number of aromatic carboxylic acids is 1. The lowest BCUT2D eigenvalue weighted by Gasteiger charge is -2.13. The van der Waals surface area contributed by atoms with Gasteiger partial charge in [-0.05, 0) is 61.1 Å². The molecule has 0 amide bonds. The SMILES string of the molecule is O=C(O)c1cccc(CNCc2ccc(OC3CCCC3)cc2)c1. The van der Waals surface area contributed by atoms with Crippen LogP contribution in [0.1, 0.15) is 47.2 Å². The van der Waals surface area contributed by atoms with Crippen LogP contribution in [-0.2, 0) is 13.1 Å². The smallest absolute Gasteiger partial charge is 0.335 e. The van der Waals surface area contributed by atoms with Gasteiger partial charge in [-0.1, -0.05) is 24.3 Å². The molecule has 1 saturated carbocycles. The Kier molecular flexibility index (Phi) is 5.49. The van der Waals surface area contributed by atoms with Gasteiger partial charge in [-0.2, -0.15) is 0 Å². The van der Waals surface area contributed by atoms with E-state index in [1.165, 1.54) is 31.2 Å². The van der Waals surface area contributed by atoms with Gasteiger partial charge in [0.15, 0.2) is 0 Å². The summed E-state index contributed by atoms with van der Waals surface area (Å²) in [6, 6.07) is 15.2. The van der Waals surface area contributed by atoms with Gasteiger partial charge in [-0.15, -0.1) is 0 Å². The van der Waals surface area contributed by atoms with Crippen molar-refractivity contribution in [3.63, 3.8) is 0 Å². The van der Waals surface area contributed by atoms with Crippen LogP contribution in [0.5, 0.6) is 5.75 Å². The van der Waals surface area contributed by atoms with Crippen molar-refractivity contribution in [2.45, 2.75) is 44.9 Å². The second-order valence-corrected chi connectivity index (χ2v) is 6.28. The van der Waals surface area contributed by atoms with Gasteiger partial charge in [0.25, 0.3) is 0 Å². The van der Waals surface area contributed by atoms with Gasteiger partial charge >= 0.3 is 5.97 Å². The van der Waals surface area contributed by atoms with Crippen molar-refractivity contribution in [1.29, 1.82) is 0 Å². The average molecular weight is 325 g/mol. The highest BCUT2D eigenvalue weighted by Crippen LogP contribution is 2.24. The zero-order valence-electron chi connectivity index (χ0n) is 13.7. The van der Waals surface area contributed by atoms with E-state index in [1.807, 2.05) is 18.2 Å². The molecule has 3 rings (SSSR count). The lowest BCUT2D eigenvalue weighted by molar-refractivity contribution is 0.0696. The second-order valence-electron chi connectivity index (χ2n) is 6.28. The number of carbonyl (C=O) groups is 1. The Labute approximate surface area is 142 Å². The second kappa shape index (κ2) is 7.97. The first-order valence-electron chi connectivity index (χ1n) is 8.49. The summed E-state index contributed by atoms with van der Waals surface area (Å²) in [5.41, 5.74) is 2.47. The van der Waals surface area contributed by atoms with Gasteiger partial charge in [0, 0.05) is 13.1 Å². The molecule has 1 aliphatic rings. The van der Waals surface area contributed by atoms with E-state index in [0.717, 1.165) is 17.9 Å². The fourth-order valence-corrected chi connectivity index (χ4v) is 3.05. The number of hydrogen-bond acceptors (Lipinski definition) is 3. The normalized spacial score (nSPS) is 14.7. The Morgan fingerprint density at radius 3 is 2.46 bits per heavy atom. The summed E-state index contributed by atoms with van der Waals surface area (Å²) in [6.07, 6.45) is 5.26. The van der Waals surface area contributed by atoms with E-state index in [0.29, 0.717) is 18.2 Å². The summed E-state index contributed by atoms with van der Waals surface area (Å²) in [4.78, 5) is 11.0. The molecule has 1 fully saturated rings. The highest BCUT2D eigenvalue weighted by molar-refractivity contribution is 5.87. The first-order valence-corrected chi connectivity index (χ1v) is 8.49. The Balaban J connectivity index is 1.48. The van der Waals surface area contributed by atoms with Crippen molar-refractivity contribution in [1.82, 2.24) is 5.32 Å². The molecule has 0 radical (unpaired) electrons. The molecule has 2 aromatic carbocycles. The van der Waals surface area contributed by atoms with Gasteiger partial charge in [0.05, 0.1) is 11.7 Å². The van der Waals surface area contributed by atoms with Crippen LogP contribution < -0.4 is 10.1 Å². The van der Waals surface area contributed by atoms with Crippen molar-refractivity contribution in [2.24, 2.45) is 0 Å². The molecule has 0 unspecified atom stereocenters. The predicted octanol–water partition coefficient (Wildman–Crippen LogP) is 4.00. The van der Waals surface area contributed by atoms with Crippen molar-refractivity contribution in [2.75, 3.05) is 0 Å². The number of rotatable bonds is 7. The van der Waals surface area contributed by atoms with Crippen LogP contribution in [0.15, 0.2) is 48.5 Å². The molecule has 126 valence electrons. The number of hydrogen-bond donors (Lipinski definition) is 2. The minimum Gasteiger partial charge on any atom is -0.490 e. The fraction of sp³-hybridized carbons (Fsp3) is 0.350. The summed E-state index contributed by atoms with van der Waals surface area (Å²) in [5, 5.41) is 12.4. The first kappa shape index (κ1) is 16.5. The molecule has 4 heteroatoms. The number of ether oxygens (including phenoxy) is 1.